The molecule has 25 heavy (non-hydrogen) atoms. The number of benzene rings is 2. The standard InChI is InChI=1S/C9H10Br2O.C9H12O.BHNS/c1-12-9-3-2-7(5-10)8(4-9)6-11;1-7-4-5-9(10-3)6-8(7)2;1-2-3/h2-4H,5-6H2,1H3;4-6H,1-3H3;3H. The molecule has 0 saturated heterocycles. The molecule has 0 unspecified atom stereocenters. The van der Waals surface area contributed by atoms with Crippen LogP contribution in [-0.2, 0) is 10.7 Å². The summed E-state index contributed by atoms with van der Waals surface area (Å²) in [5.41, 5.74) is 5.15. The fraction of sp³-hybridized carbons (Fsp3) is 0.333. The van der Waals surface area contributed by atoms with Crippen molar-refractivity contribution in [3.8, 4) is 11.5 Å². The second kappa shape index (κ2) is 14.4. The Kier molecular flexibility index (Phi) is 13.9. The number of nitrogens with zero attached hydrogens (tertiary/aromatic N) is 1. The van der Waals surface area contributed by atoms with Gasteiger partial charge in [-0.15, -0.1) is 0 Å². The van der Waals surface area contributed by atoms with Gasteiger partial charge in [-0.25, -0.2) is 0 Å². The van der Waals surface area contributed by atoms with Crippen molar-refractivity contribution >= 4 is 52.3 Å². The quantitative estimate of drug-likeness (QED) is 0.326. The number of halogens is 2. The average Bonchev–Trinajstić information content (AvgIpc) is 2.64. The third kappa shape index (κ3) is 9.47. The van der Waals surface area contributed by atoms with Crippen LogP contribution in [0.1, 0.15) is 22.3 Å². The maximum atomic E-state index is 5.12. The summed E-state index contributed by atoms with van der Waals surface area (Å²) < 4.78 is 12.9. The van der Waals surface area contributed by atoms with Gasteiger partial charge in [-0.2, -0.15) is 0 Å². The van der Waals surface area contributed by atoms with Crippen molar-refractivity contribution in [2.45, 2.75) is 24.5 Å². The van der Waals surface area contributed by atoms with Crippen LogP contribution in [0.2, 0.25) is 0 Å². The van der Waals surface area contributed by atoms with Crippen LogP contribution in [0.5, 0.6) is 11.5 Å². The summed E-state index contributed by atoms with van der Waals surface area (Å²) in [5, 5.41) is 1.75. The third-order valence-electron chi connectivity index (χ3n) is 3.42. The second-order valence-corrected chi connectivity index (χ2v) is 6.32. The van der Waals surface area contributed by atoms with E-state index < -0.39 is 0 Å². The zero-order chi connectivity index (χ0) is 19.2. The van der Waals surface area contributed by atoms with Crippen LogP contribution in [-0.4, -0.2) is 21.9 Å². The van der Waals surface area contributed by atoms with Gasteiger partial charge in [0.05, 0.1) is 14.2 Å². The first-order chi connectivity index (χ1) is 12.0. The van der Waals surface area contributed by atoms with Gasteiger partial charge < -0.3 is 9.47 Å². The van der Waals surface area contributed by atoms with E-state index in [1.807, 2.05) is 24.3 Å². The van der Waals surface area contributed by atoms with E-state index in [-0.39, 0.29) is 0 Å². The van der Waals surface area contributed by atoms with E-state index in [0.717, 1.165) is 22.2 Å². The van der Waals surface area contributed by atoms with E-state index in [4.69, 9.17) is 9.47 Å². The van der Waals surface area contributed by atoms with E-state index >= 15 is 0 Å². The molecule has 135 valence electrons. The molecule has 2 rings (SSSR count). The first kappa shape index (κ1) is 24.2. The summed E-state index contributed by atoms with van der Waals surface area (Å²) in [7, 11) is 7.70. The molecule has 0 fully saturated rings. The third-order valence-corrected chi connectivity index (χ3v) is 4.62. The average molecular weight is 488 g/mol. The van der Waals surface area contributed by atoms with E-state index in [0.29, 0.717) is 0 Å². The molecule has 0 bridgehead atoms. The molecule has 2 aromatic carbocycles. The molecule has 7 heteroatoms. The van der Waals surface area contributed by atoms with Crippen LogP contribution in [0.4, 0.5) is 0 Å². The van der Waals surface area contributed by atoms with E-state index in [9.17, 15) is 0 Å². The number of ether oxygens (including phenoxy) is 2. The predicted molar refractivity (Wildman–Crippen MR) is 118 cm³/mol. The SMILES string of the molecule is COc1ccc(C)c(C)c1.COc1ccc(CBr)c(CBr)c1.[B]=NS. The van der Waals surface area contributed by atoms with Crippen LogP contribution < -0.4 is 9.47 Å². The summed E-state index contributed by atoms with van der Waals surface area (Å²) in [6.45, 7) is 4.17. The second-order valence-electron chi connectivity index (χ2n) is 4.97. The molecular weight excluding hydrogens is 465 g/mol. The Bertz CT molecular complexity index is 657. The Morgan fingerprint density at radius 2 is 1.36 bits per heavy atom. The Morgan fingerprint density at radius 3 is 1.80 bits per heavy atom. The number of thiol groups is 1. The molecule has 0 aromatic heterocycles. The van der Waals surface area contributed by atoms with Crippen molar-refractivity contribution in [1.29, 1.82) is 0 Å². The minimum absolute atomic E-state index is 0.866. The molecule has 3 nitrogen and oxygen atoms in total. The van der Waals surface area contributed by atoms with E-state index in [2.05, 4.69) is 82.6 Å². The Hall–Kier alpha value is -0.785. The summed E-state index contributed by atoms with van der Waals surface area (Å²) >= 11 is 10.1. The molecule has 0 aliphatic rings. The van der Waals surface area contributed by atoms with Crippen LogP contribution in [0.3, 0.4) is 0 Å². The zero-order valence-electron chi connectivity index (χ0n) is 14.9. The molecule has 0 heterocycles. The Labute approximate surface area is 174 Å². The fourth-order valence-corrected chi connectivity index (χ4v) is 2.89. The molecule has 2 aromatic rings. The Morgan fingerprint density at radius 1 is 0.880 bits per heavy atom. The summed E-state index contributed by atoms with van der Waals surface area (Å²) in [6.07, 6.45) is 0. The molecule has 0 saturated carbocycles. The Balaban J connectivity index is 0.000000403. The zero-order valence-corrected chi connectivity index (χ0v) is 19.0. The van der Waals surface area contributed by atoms with Crippen molar-refractivity contribution in [3.63, 3.8) is 0 Å². The summed E-state index contributed by atoms with van der Waals surface area (Å²) in [4.78, 5) is 0. The van der Waals surface area contributed by atoms with E-state index in [1.165, 1.54) is 22.3 Å². The van der Waals surface area contributed by atoms with Gasteiger partial charge >= 0.3 is 24.8 Å². The molecule has 0 atom stereocenters. The summed E-state index contributed by atoms with van der Waals surface area (Å²) in [5.74, 6) is 1.84. The van der Waals surface area contributed by atoms with Crippen molar-refractivity contribution < 1.29 is 9.47 Å². The van der Waals surface area contributed by atoms with Gasteiger partial charge in [0.25, 0.3) is 0 Å². The van der Waals surface area contributed by atoms with Gasteiger partial charge in [-0.05, 0) is 60.4 Å². The van der Waals surface area contributed by atoms with Crippen LogP contribution in [0, 0.1) is 13.8 Å². The predicted octanol–water partition coefficient (Wildman–Crippen LogP) is 5.98. The fourth-order valence-electron chi connectivity index (χ4n) is 1.82. The number of hydrogen-bond acceptors (Lipinski definition) is 4. The number of alkyl halides is 2. The van der Waals surface area contributed by atoms with E-state index in [1.54, 1.807) is 14.2 Å². The van der Waals surface area contributed by atoms with Crippen molar-refractivity contribution in [2.75, 3.05) is 14.2 Å². The van der Waals surface area contributed by atoms with Gasteiger partial charge in [0.1, 0.15) is 11.5 Å². The van der Waals surface area contributed by atoms with Crippen LogP contribution in [0.25, 0.3) is 0 Å². The van der Waals surface area contributed by atoms with Crippen LogP contribution >= 0.6 is 44.7 Å². The molecule has 1 radical (unpaired) electrons. The van der Waals surface area contributed by atoms with Gasteiger partial charge in [0.2, 0.25) is 0 Å². The maximum absolute atomic E-state index is 5.12. The van der Waals surface area contributed by atoms with Gasteiger partial charge in [0, 0.05) is 10.7 Å². The minimum atomic E-state index is 0.866. The normalized spacial score (nSPS) is 9.04. The van der Waals surface area contributed by atoms with Gasteiger partial charge in [0.15, 0.2) is 0 Å². The first-order valence-corrected chi connectivity index (χ1v) is 10.0. The number of rotatable bonds is 4. The number of methoxy groups -OCH3 is 2. The monoisotopic (exact) mass is 486 g/mol. The number of hydrogen-bond donors (Lipinski definition) is 1. The van der Waals surface area contributed by atoms with Crippen LogP contribution in [0.15, 0.2) is 40.7 Å². The molecule has 0 N–H and O–H groups in total. The topological polar surface area (TPSA) is 30.8 Å². The molecule has 0 aliphatic heterocycles. The van der Waals surface area contributed by atoms with Crippen molar-refractivity contribution in [1.82, 2.24) is 0 Å². The van der Waals surface area contributed by atoms with Gasteiger partial charge in [-0.3, -0.25) is 0 Å². The first-order valence-electron chi connectivity index (χ1n) is 7.40. The van der Waals surface area contributed by atoms with Crippen molar-refractivity contribution in [2.24, 2.45) is 4.30 Å². The summed E-state index contributed by atoms with van der Waals surface area (Å²) in [6, 6.07) is 12.2. The molecule has 0 spiro atoms. The van der Waals surface area contributed by atoms with Gasteiger partial charge in [-0.1, -0.05) is 44.0 Å². The van der Waals surface area contributed by atoms with Crippen molar-refractivity contribution in [3.05, 3.63) is 58.7 Å². The molecule has 0 amide bonds. The molecular formula is C18H23BBr2NO2S. The number of aryl methyl sites for hydroxylation is 2. The molecule has 0 aliphatic carbocycles.